The normalized spacial score (nSPS) is 11.3. The molecule has 0 aromatic carbocycles. The summed E-state index contributed by atoms with van der Waals surface area (Å²) in [6.45, 7) is 4.21. The van der Waals surface area contributed by atoms with Gasteiger partial charge in [-0.3, -0.25) is 10.1 Å². The Bertz CT molecular complexity index is 436. The maximum atomic E-state index is 10.5. The minimum atomic E-state index is -0.562. The van der Waals surface area contributed by atoms with Crippen LogP contribution in [0.5, 0.6) is 5.88 Å². The second-order valence-electron chi connectivity index (χ2n) is 4.10. The number of pyridine rings is 1. The number of nitrogens with zero attached hydrogens (tertiary/aromatic N) is 2. The smallest absolute Gasteiger partial charge is 0.289 e. The predicted octanol–water partition coefficient (Wildman–Crippen LogP) is 2.54. The summed E-state index contributed by atoms with van der Waals surface area (Å²) in [5.41, 5.74) is 5.46. The summed E-state index contributed by atoms with van der Waals surface area (Å²) >= 11 is 5.86. The van der Waals surface area contributed by atoms with Gasteiger partial charge in [0.15, 0.2) is 0 Å². The van der Waals surface area contributed by atoms with E-state index in [1.807, 2.05) is 13.8 Å². The topological polar surface area (TPSA) is 91.3 Å². The van der Waals surface area contributed by atoms with E-state index in [0.29, 0.717) is 0 Å². The Hall–Kier alpha value is -1.40. The average Bonchev–Trinajstić information content (AvgIpc) is 2.36. The first kappa shape index (κ1) is 14.7. The number of aromatic nitrogens is 1. The summed E-state index contributed by atoms with van der Waals surface area (Å²) in [4.78, 5) is 13.8. The lowest BCUT2D eigenvalue weighted by Gasteiger charge is -2.26. The van der Waals surface area contributed by atoms with Gasteiger partial charge in [0.05, 0.1) is 4.92 Å². The summed E-state index contributed by atoms with van der Waals surface area (Å²) in [6, 6.07) is 1.21. The van der Waals surface area contributed by atoms with Crippen molar-refractivity contribution in [2.75, 3.05) is 6.61 Å². The van der Waals surface area contributed by atoms with Crippen molar-refractivity contribution in [2.24, 2.45) is 5.73 Å². The molecule has 0 fully saturated rings. The molecule has 0 spiro atoms. The summed E-state index contributed by atoms with van der Waals surface area (Å²) in [5.74, 6) is 0.166. The maximum absolute atomic E-state index is 10.5. The molecule has 18 heavy (non-hydrogen) atoms. The van der Waals surface area contributed by atoms with Gasteiger partial charge >= 0.3 is 0 Å². The molecule has 1 aromatic rings. The molecule has 7 heteroatoms. The highest BCUT2D eigenvalue weighted by Crippen LogP contribution is 2.26. The van der Waals surface area contributed by atoms with E-state index in [2.05, 4.69) is 4.98 Å². The molecule has 0 atom stereocenters. The van der Waals surface area contributed by atoms with E-state index in [-0.39, 0.29) is 23.2 Å². The average molecular weight is 274 g/mol. The molecule has 1 aromatic heterocycles. The highest BCUT2D eigenvalue weighted by molar-refractivity contribution is 6.32. The van der Waals surface area contributed by atoms with E-state index < -0.39 is 10.5 Å². The van der Waals surface area contributed by atoms with Crippen molar-refractivity contribution in [1.29, 1.82) is 0 Å². The van der Waals surface area contributed by atoms with Crippen LogP contribution in [0, 0.1) is 10.1 Å². The zero-order valence-corrected chi connectivity index (χ0v) is 11.1. The van der Waals surface area contributed by atoms with E-state index in [1.165, 1.54) is 6.07 Å². The lowest BCUT2D eigenvalue weighted by atomic mass is 9.96. The number of nitro groups is 1. The summed E-state index contributed by atoms with van der Waals surface area (Å²) in [5, 5.41) is 10.6. The van der Waals surface area contributed by atoms with Crippen molar-refractivity contribution in [1.82, 2.24) is 4.98 Å². The maximum Gasteiger partial charge on any atom is 0.289 e. The Kier molecular flexibility index (Phi) is 4.86. The van der Waals surface area contributed by atoms with Gasteiger partial charge in [-0.05, 0) is 12.8 Å². The van der Waals surface area contributed by atoms with Crippen molar-refractivity contribution in [3.05, 3.63) is 27.4 Å². The number of halogens is 1. The highest BCUT2D eigenvalue weighted by atomic mass is 35.5. The first-order chi connectivity index (χ1) is 8.41. The Labute approximate surface area is 110 Å². The minimum Gasteiger partial charge on any atom is -0.475 e. The van der Waals surface area contributed by atoms with Gasteiger partial charge in [0.25, 0.3) is 5.69 Å². The van der Waals surface area contributed by atoms with Crippen LogP contribution >= 0.6 is 11.6 Å². The Balaban J connectivity index is 2.77. The molecule has 0 saturated heterocycles. The van der Waals surface area contributed by atoms with Crippen LogP contribution in [0.2, 0.25) is 5.02 Å². The molecule has 0 unspecified atom stereocenters. The van der Waals surface area contributed by atoms with Gasteiger partial charge in [0.2, 0.25) is 5.88 Å². The summed E-state index contributed by atoms with van der Waals surface area (Å²) in [6.07, 6.45) is 2.62. The van der Waals surface area contributed by atoms with Crippen molar-refractivity contribution in [3.8, 4) is 5.88 Å². The number of hydrogen-bond acceptors (Lipinski definition) is 5. The number of nitrogens with two attached hydrogens (primary N) is 1. The molecule has 1 heterocycles. The Morgan fingerprint density at radius 3 is 2.61 bits per heavy atom. The molecule has 0 aliphatic heterocycles. The molecule has 0 aliphatic rings. The van der Waals surface area contributed by atoms with E-state index in [0.717, 1.165) is 19.0 Å². The number of ether oxygens (including phenoxy) is 1. The van der Waals surface area contributed by atoms with E-state index >= 15 is 0 Å². The molecule has 0 amide bonds. The molecule has 0 radical (unpaired) electrons. The summed E-state index contributed by atoms with van der Waals surface area (Å²) < 4.78 is 5.43. The van der Waals surface area contributed by atoms with Crippen LogP contribution < -0.4 is 10.5 Å². The molecule has 1 rings (SSSR count). The minimum absolute atomic E-state index is 0.110. The van der Waals surface area contributed by atoms with Crippen molar-refractivity contribution < 1.29 is 9.66 Å². The molecule has 6 nitrogen and oxygen atoms in total. The van der Waals surface area contributed by atoms with Gasteiger partial charge in [0, 0.05) is 11.6 Å². The third-order valence-corrected chi connectivity index (χ3v) is 3.18. The van der Waals surface area contributed by atoms with Crippen molar-refractivity contribution in [3.63, 3.8) is 0 Å². The fourth-order valence-electron chi connectivity index (χ4n) is 1.29. The predicted molar refractivity (Wildman–Crippen MR) is 68.9 cm³/mol. The molecule has 100 valence electrons. The standard InChI is InChI=1S/C11H16ClN3O3/c1-3-11(13,4-2)7-18-10-9(12)5-8(6-14-10)15(16)17/h5-6H,3-4,7,13H2,1-2H3. The molecular formula is C11H16ClN3O3. The molecular weight excluding hydrogens is 258 g/mol. The van der Waals surface area contributed by atoms with Crippen LogP contribution in [0.25, 0.3) is 0 Å². The van der Waals surface area contributed by atoms with Gasteiger partial charge in [-0.15, -0.1) is 0 Å². The Morgan fingerprint density at radius 1 is 1.56 bits per heavy atom. The second-order valence-corrected chi connectivity index (χ2v) is 4.50. The Morgan fingerprint density at radius 2 is 2.17 bits per heavy atom. The molecule has 0 saturated carbocycles. The van der Waals surface area contributed by atoms with Crippen molar-refractivity contribution >= 4 is 17.3 Å². The van der Waals surface area contributed by atoms with Crippen LogP contribution in [0.4, 0.5) is 5.69 Å². The van der Waals surface area contributed by atoms with Crippen molar-refractivity contribution in [2.45, 2.75) is 32.2 Å². The van der Waals surface area contributed by atoms with Crippen LogP contribution in [-0.4, -0.2) is 22.1 Å². The first-order valence-corrected chi connectivity index (χ1v) is 6.01. The summed E-state index contributed by atoms with van der Waals surface area (Å²) in [7, 11) is 0. The zero-order valence-electron chi connectivity index (χ0n) is 10.4. The van der Waals surface area contributed by atoms with E-state index in [1.54, 1.807) is 0 Å². The quantitative estimate of drug-likeness (QED) is 0.635. The lowest BCUT2D eigenvalue weighted by Crippen LogP contribution is -2.44. The highest BCUT2D eigenvalue weighted by Gasteiger charge is 2.22. The molecule has 0 aliphatic carbocycles. The largest absolute Gasteiger partial charge is 0.475 e. The second kappa shape index (κ2) is 5.97. The van der Waals surface area contributed by atoms with E-state index in [4.69, 9.17) is 22.1 Å². The van der Waals surface area contributed by atoms with Gasteiger partial charge < -0.3 is 10.5 Å². The third-order valence-electron chi connectivity index (χ3n) is 2.91. The molecule has 0 bridgehead atoms. The number of rotatable bonds is 6. The van der Waals surface area contributed by atoms with Crippen LogP contribution in [0.3, 0.4) is 0 Å². The zero-order chi connectivity index (χ0) is 13.8. The number of hydrogen-bond donors (Lipinski definition) is 1. The monoisotopic (exact) mass is 273 g/mol. The SMILES string of the molecule is CCC(N)(CC)COc1ncc([N+](=O)[O-])cc1Cl. The van der Waals surface area contributed by atoms with Gasteiger partial charge in [-0.25, -0.2) is 4.98 Å². The van der Waals surface area contributed by atoms with Crippen LogP contribution in [0.1, 0.15) is 26.7 Å². The van der Waals surface area contributed by atoms with Crippen LogP contribution in [-0.2, 0) is 0 Å². The first-order valence-electron chi connectivity index (χ1n) is 5.63. The van der Waals surface area contributed by atoms with Crippen LogP contribution in [0.15, 0.2) is 12.3 Å². The lowest BCUT2D eigenvalue weighted by molar-refractivity contribution is -0.385. The van der Waals surface area contributed by atoms with Gasteiger partial charge in [-0.2, -0.15) is 0 Å². The van der Waals surface area contributed by atoms with Gasteiger partial charge in [-0.1, -0.05) is 25.4 Å². The fourth-order valence-corrected chi connectivity index (χ4v) is 1.50. The van der Waals surface area contributed by atoms with E-state index in [9.17, 15) is 10.1 Å². The fraction of sp³-hybridized carbons (Fsp3) is 0.545. The van der Waals surface area contributed by atoms with Gasteiger partial charge in [0.1, 0.15) is 17.8 Å². The molecule has 2 N–H and O–H groups in total. The third kappa shape index (κ3) is 3.54.